The predicted molar refractivity (Wildman–Crippen MR) is 88.5 cm³/mol. The molecule has 0 spiro atoms. The zero-order valence-electron chi connectivity index (χ0n) is 13.9. The predicted octanol–water partition coefficient (Wildman–Crippen LogP) is 2.31. The van der Waals surface area contributed by atoms with E-state index in [9.17, 15) is 9.59 Å². The number of nitrogens with zero attached hydrogens (tertiary/aromatic N) is 2. The molecule has 0 fully saturated rings. The second kappa shape index (κ2) is 6.86. The molecule has 0 unspecified atom stereocenters. The smallest absolute Gasteiger partial charge is 0.336 e. The van der Waals surface area contributed by atoms with Crippen LogP contribution in [-0.2, 0) is 26.1 Å². The lowest BCUT2D eigenvalue weighted by Crippen LogP contribution is -2.33. The third kappa shape index (κ3) is 2.89. The van der Waals surface area contributed by atoms with Crippen molar-refractivity contribution >= 4 is 35.1 Å². The van der Waals surface area contributed by atoms with E-state index in [1.165, 1.54) is 18.8 Å². The average molecular weight is 374 g/mol. The summed E-state index contributed by atoms with van der Waals surface area (Å²) in [6.07, 6.45) is 0. The van der Waals surface area contributed by atoms with E-state index in [0.717, 1.165) is 0 Å². The first-order valence-electron chi connectivity index (χ1n) is 6.97. The maximum Gasteiger partial charge on any atom is 0.336 e. The van der Waals surface area contributed by atoms with Crippen LogP contribution in [0, 0.1) is 0 Å². The van der Waals surface area contributed by atoms with Crippen molar-refractivity contribution in [2.75, 3.05) is 14.2 Å². The highest BCUT2D eigenvalue weighted by atomic mass is 35.5. The van der Waals surface area contributed by atoms with E-state index in [2.05, 4.69) is 10.3 Å². The number of allylic oxidation sites excluding steroid dienone is 2. The van der Waals surface area contributed by atoms with Crippen LogP contribution in [0.2, 0.25) is 10.3 Å². The Labute approximate surface area is 149 Å². The lowest BCUT2D eigenvalue weighted by Gasteiger charge is -2.29. The third-order valence-electron chi connectivity index (χ3n) is 3.85. The van der Waals surface area contributed by atoms with E-state index < -0.39 is 17.9 Å². The van der Waals surface area contributed by atoms with Crippen molar-refractivity contribution in [1.82, 2.24) is 14.9 Å². The number of hydrogen-bond acceptors (Lipinski definition) is 6. The molecule has 0 amide bonds. The molecule has 0 aromatic carbocycles. The molecule has 0 saturated heterocycles. The van der Waals surface area contributed by atoms with Crippen molar-refractivity contribution in [3.05, 3.63) is 38.7 Å². The van der Waals surface area contributed by atoms with E-state index in [-0.39, 0.29) is 21.5 Å². The first-order chi connectivity index (χ1) is 11.2. The summed E-state index contributed by atoms with van der Waals surface area (Å²) in [5.41, 5.74) is 1.58. The number of imidazole rings is 1. The quantitative estimate of drug-likeness (QED) is 0.818. The topological polar surface area (TPSA) is 82.4 Å². The maximum absolute atomic E-state index is 12.3. The fourth-order valence-corrected chi connectivity index (χ4v) is 3.07. The first kappa shape index (κ1) is 18.4. The van der Waals surface area contributed by atoms with Gasteiger partial charge in [0.1, 0.15) is 11.0 Å². The van der Waals surface area contributed by atoms with Gasteiger partial charge in [0, 0.05) is 18.4 Å². The molecular weight excluding hydrogens is 357 g/mol. The molecule has 0 atom stereocenters. The lowest BCUT2D eigenvalue weighted by molar-refractivity contribution is -0.137. The summed E-state index contributed by atoms with van der Waals surface area (Å²) in [5.74, 6) is -1.66. The highest BCUT2D eigenvalue weighted by molar-refractivity contribution is 6.40. The molecule has 1 aliphatic heterocycles. The molecule has 2 heterocycles. The van der Waals surface area contributed by atoms with Gasteiger partial charge in [0.25, 0.3) is 0 Å². The monoisotopic (exact) mass is 373 g/mol. The zero-order chi connectivity index (χ0) is 18.2. The number of hydrogen-bond donors (Lipinski definition) is 1. The van der Waals surface area contributed by atoms with Gasteiger partial charge in [-0.05, 0) is 13.8 Å². The lowest BCUT2D eigenvalue weighted by atomic mass is 9.84. The standard InChI is InChI=1S/C15H17Cl2N3O4/c1-6-8(14(21)23-4)10(9(7(2)18-6)15(22)24-5)13-19-11(16)12(17)20(13)3/h10,18H,1-5H3. The average Bonchev–Trinajstić information content (AvgIpc) is 2.80. The van der Waals surface area contributed by atoms with Gasteiger partial charge < -0.3 is 19.4 Å². The van der Waals surface area contributed by atoms with Crippen LogP contribution in [-0.4, -0.2) is 35.7 Å². The van der Waals surface area contributed by atoms with Gasteiger partial charge in [0.2, 0.25) is 0 Å². The van der Waals surface area contributed by atoms with Gasteiger partial charge >= 0.3 is 11.9 Å². The van der Waals surface area contributed by atoms with Crippen molar-refractivity contribution in [2.24, 2.45) is 7.05 Å². The van der Waals surface area contributed by atoms with E-state index in [1.54, 1.807) is 20.9 Å². The number of carbonyl (C=O) groups excluding carboxylic acids is 2. The first-order valence-corrected chi connectivity index (χ1v) is 7.72. The summed E-state index contributed by atoms with van der Waals surface area (Å²) in [6.45, 7) is 3.42. The maximum atomic E-state index is 12.3. The van der Waals surface area contributed by atoms with Crippen LogP contribution in [0.3, 0.4) is 0 Å². The van der Waals surface area contributed by atoms with Crippen molar-refractivity contribution < 1.29 is 19.1 Å². The van der Waals surface area contributed by atoms with Crippen LogP contribution < -0.4 is 5.32 Å². The Morgan fingerprint density at radius 1 is 1.08 bits per heavy atom. The van der Waals surface area contributed by atoms with Gasteiger partial charge in [-0.3, -0.25) is 0 Å². The fourth-order valence-electron chi connectivity index (χ4n) is 2.73. The van der Waals surface area contributed by atoms with Crippen LogP contribution in [0.15, 0.2) is 22.5 Å². The number of dihydropyridines is 1. The second-order valence-electron chi connectivity index (χ2n) is 5.23. The number of aromatic nitrogens is 2. The molecule has 130 valence electrons. The van der Waals surface area contributed by atoms with Gasteiger partial charge in [0.15, 0.2) is 5.15 Å². The summed E-state index contributed by atoms with van der Waals surface area (Å²) in [7, 11) is 4.18. The van der Waals surface area contributed by atoms with E-state index >= 15 is 0 Å². The van der Waals surface area contributed by atoms with E-state index in [4.69, 9.17) is 32.7 Å². The van der Waals surface area contributed by atoms with Gasteiger partial charge in [-0.2, -0.15) is 0 Å². The number of esters is 2. The van der Waals surface area contributed by atoms with Crippen LogP contribution in [0.25, 0.3) is 0 Å². The molecule has 9 heteroatoms. The van der Waals surface area contributed by atoms with Crippen LogP contribution in [0.4, 0.5) is 0 Å². The number of nitrogens with one attached hydrogen (secondary N) is 1. The number of methoxy groups -OCH3 is 2. The Kier molecular flexibility index (Phi) is 5.25. The molecule has 1 aliphatic rings. The summed E-state index contributed by atoms with van der Waals surface area (Å²) in [4.78, 5) is 28.9. The van der Waals surface area contributed by atoms with Gasteiger partial charge in [-0.25, -0.2) is 14.6 Å². The highest BCUT2D eigenvalue weighted by Crippen LogP contribution is 2.40. The van der Waals surface area contributed by atoms with Gasteiger partial charge in [0.05, 0.1) is 31.3 Å². The molecular formula is C15H17Cl2N3O4. The minimum Gasteiger partial charge on any atom is -0.466 e. The zero-order valence-corrected chi connectivity index (χ0v) is 15.4. The second-order valence-corrected chi connectivity index (χ2v) is 5.95. The van der Waals surface area contributed by atoms with Crippen molar-refractivity contribution in [2.45, 2.75) is 19.8 Å². The highest BCUT2D eigenvalue weighted by Gasteiger charge is 2.40. The van der Waals surface area contributed by atoms with E-state index in [1.807, 2.05) is 0 Å². The summed E-state index contributed by atoms with van der Waals surface area (Å²) in [5, 5.41) is 3.29. The Morgan fingerprint density at radius 2 is 1.54 bits per heavy atom. The number of ether oxygens (including phenoxy) is 2. The third-order valence-corrected chi connectivity index (χ3v) is 4.64. The Bertz CT molecular complexity index is 742. The van der Waals surface area contributed by atoms with Crippen LogP contribution in [0.1, 0.15) is 25.6 Å². The molecule has 2 rings (SSSR count). The minimum atomic E-state index is -0.818. The summed E-state index contributed by atoms with van der Waals surface area (Å²) >= 11 is 12.1. The van der Waals surface area contributed by atoms with Crippen molar-refractivity contribution in [1.29, 1.82) is 0 Å². The molecule has 24 heavy (non-hydrogen) atoms. The molecule has 1 N–H and O–H groups in total. The SMILES string of the molecule is COC(=O)C1=C(C)NC(C)=C(C(=O)OC)C1c1nc(Cl)c(Cl)n1C. The van der Waals surface area contributed by atoms with Crippen molar-refractivity contribution in [3.8, 4) is 0 Å². The Morgan fingerprint density at radius 3 is 1.88 bits per heavy atom. The van der Waals surface area contributed by atoms with Gasteiger partial charge in [-0.15, -0.1) is 0 Å². The number of carbonyl (C=O) groups is 2. The Balaban J connectivity index is 2.77. The summed E-state index contributed by atoms with van der Waals surface area (Å²) < 4.78 is 11.3. The van der Waals surface area contributed by atoms with Crippen LogP contribution in [0.5, 0.6) is 0 Å². The molecule has 0 radical (unpaired) electrons. The molecule has 1 aromatic rings. The Hall–Kier alpha value is -1.99. The largest absolute Gasteiger partial charge is 0.466 e. The van der Waals surface area contributed by atoms with Gasteiger partial charge in [-0.1, -0.05) is 23.2 Å². The molecule has 1 aromatic heterocycles. The summed E-state index contributed by atoms with van der Waals surface area (Å²) in [6, 6.07) is 0. The normalized spacial score (nSPS) is 15.5. The fraction of sp³-hybridized carbons (Fsp3) is 0.400. The van der Waals surface area contributed by atoms with Crippen LogP contribution >= 0.6 is 23.2 Å². The molecule has 0 aliphatic carbocycles. The number of rotatable bonds is 3. The molecule has 0 saturated carbocycles. The number of halogens is 2. The van der Waals surface area contributed by atoms with E-state index in [0.29, 0.717) is 17.2 Å². The molecule has 7 nitrogen and oxygen atoms in total. The minimum absolute atomic E-state index is 0.0800. The molecule has 0 bridgehead atoms. The van der Waals surface area contributed by atoms with Crippen molar-refractivity contribution in [3.63, 3.8) is 0 Å².